The van der Waals surface area contributed by atoms with Gasteiger partial charge in [-0.3, -0.25) is 0 Å². The van der Waals surface area contributed by atoms with Gasteiger partial charge >= 0.3 is 0 Å². The maximum absolute atomic E-state index is 10.2. The highest BCUT2D eigenvalue weighted by Crippen LogP contribution is 2.28. The van der Waals surface area contributed by atoms with Gasteiger partial charge in [0, 0.05) is 8.07 Å². The van der Waals surface area contributed by atoms with Crippen molar-refractivity contribution in [2.75, 3.05) is 61.1 Å². The van der Waals surface area contributed by atoms with Crippen LogP contribution in [0.5, 0.6) is 0 Å². The molecule has 0 bridgehead atoms. The first-order valence-corrected chi connectivity index (χ1v) is 19.7. The molecule has 0 aliphatic heterocycles. The van der Waals surface area contributed by atoms with Gasteiger partial charge in [0.1, 0.15) is 6.71 Å². The van der Waals surface area contributed by atoms with E-state index in [-0.39, 0.29) is 0 Å². The lowest BCUT2D eigenvalue weighted by Gasteiger charge is -2.05. The summed E-state index contributed by atoms with van der Waals surface area (Å²) in [6.45, 7) is 37.3. The Morgan fingerprint density at radius 1 is 0.778 bits per heavy atom. The Hall–Kier alpha value is 0.902. The van der Waals surface area contributed by atoms with Crippen LogP contribution < -0.4 is 0 Å². The van der Waals surface area contributed by atoms with E-state index in [1.54, 1.807) is 20.0 Å². The van der Waals surface area contributed by atoms with E-state index in [0.29, 0.717) is 13.3 Å². The Kier molecular flexibility index (Phi) is 36.1. The molecule has 0 aromatic carbocycles. The molecule has 172 valence electrons. The summed E-state index contributed by atoms with van der Waals surface area (Å²) in [6, 6.07) is 0. The number of rotatable bonds is 0. The zero-order valence-electron chi connectivity index (χ0n) is 23.3. The van der Waals surface area contributed by atoms with Crippen LogP contribution in [-0.4, -0.2) is 80.8 Å². The smallest absolute Gasteiger partial charge is 0.130 e. The number of hydrogen-bond donors (Lipinski definition) is 0. The van der Waals surface area contributed by atoms with E-state index in [1.165, 1.54) is 0 Å². The maximum atomic E-state index is 10.2. The fourth-order valence-corrected chi connectivity index (χ4v) is 0. The molecule has 27 heavy (non-hydrogen) atoms. The van der Waals surface area contributed by atoms with Crippen molar-refractivity contribution in [2.24, 2.45) is 5.41 Å². The van der Waals surface area contributed by atoms with Gasteiger partial charge < -0.3 is 9.46 Å². The van der Waals surface area contributed by atoms with E-state index >= 15 is 0 Å². The summed E-state index contributed by atoms with van der Waals surface area (Å²) < 4.78 is 10.2. The minimum Gasteiger partial charge on any atom is -0.324 e. The molecule has 0 spiro atoms. The minimum absolute atomic E-state index is 0.380. The van der Waals surface area contributed by atoms with E-state index in [4.69, 9.17) is 0 Å². The lowest BCUT2D eigenvalue weighted by atomic mass is 9.58. The van der Waals surface area contributed by atoms with E-state index < -0.39 is 15.2 Å². The predicted octanol–water partition coefficient (Wildman–Crippen LogP) is 8.15. The van der Waals surface area contributed by atoms with Crippen LogP contribution in [0.25, 0.3) is 0 Å². The normalized spacial score (nSPS) is 10.3. The Morgan fingerprint density at radius 2 is 0.778 bits per heavy atom. The molecule has 0 fully saturated rings. The third-order valence-corrected chi connectivity index (χ3v) is 0. The first-order valence-electron chi connectivity index (χ1n) is 9.94. The summed E-state index contributed by atoms with van der Waals surface area (Å²) in [5.41, 5.74) is 0.500. The number of nitrogens with zero attached hydrogens (tertiary/aromatic N) is 1. The van der Waals surface area contributed by atoms with Crippen LogP contribution in [0, 0.1) is 5.41 Å². The van der Waals surface area contributed by atoms with Crippen molar-refractivity contribution in [3.63, 3.8) is 0 Å². The Bertz CT molecular complexity index is 249. The molecule has 0 radical (unpaired) electrons. The van der Waals surface area contributed by atoms with Gasteiger partial charge in [-0.2, -0.15) is 0 Å². The van der Waals surface area contributed by atoms with Crippen LogP contribution in [0.15, 0.2) is 0 Å². The average molecular weight is 444 g/mol. The SMILES string of the molecule is CB(C)C.CC(C)(C)C.CN(C)C.CP(C)(C)=O.CP(C)C.C[Si](C)(C)C. The molecule has 0 aromatic heterocycles. The summed E-state index contributed by atoms with van der Waals surface area (Å²) in [7, 11) is 4.13. The van der Waals surface area contributed by atoms with Crippen LogP contribution in [0.3, 0.4) is 0 Å². The van der Waals surface area contributed by atoms with Gasteiger partial charge in [-0.15, -0.1) is 7.92 Å². The van der Waals surface area contributed by atoms with Crippen LogP contribution in [-0.2, 0) is 4.57 Å². The second-order valence-corrected chi connectivity index (χ2v) is 24.8. The highest BCUT2D eigenvalue weighted by molar-refractivity contribution is 7.61. The largest absolute Gasteiger partial charge is 0.324 e. The molecule has 0 rings (SSSR count). The predicted molar refractivity (Wildman–Crippen MR) is 147 cm³/mol. The molecule has 0 aliphatic carbocycles. The summed E-state index contributed by atoms with van der Waals surface area (Å²) in [6.07, 6.45) is 0. The van der Waals surface area contributed by atoms with Crippen molar-refractivity contribution in [3.05, 3.63) is 0 Å². The van der Waals surface area contributed by atoms with Crippen LogP contribution >= 0.6 is 15.1 Å². The van der Waals surface area contributed by atoms with Crippen molar-refractivity contribution < 1.29 is 4.57 Å². The van der Waals surface area contributed by atoms with E-state index in [2.05, 4.69) is 94.3 Å². The van der Waals surface area contributed by atoms with E-state index in [0.717, 1.165) is 6.71 Å². The van der Waals surface area contributed by atoms with Gasteiger partial charge in [-0.05, 0) is 66.5 Å². The molecule has 0 unspecified atom stereocenters. The van der Waals surface area contributed by atoms with Gasteiger partial charge in [0.25, 0.3) is 0 Å². The van der Waals surface area contributed by atoms with Crippen LogP contribution in [0.4, 0.5) is 0 Å². The highest BCUT2D eigenvalue weighted by Gasteiger charge is 1.99. The first kappa shape index (κ1) is 42.1. The first-order chi connectivity index (χ1) is 11.2. The van der Waals surface area contributed by atoms with Crippen molar-refractivity contribution in [2.45, 2.75) is 74.4 Å². The van der Waals surface area contributed by atoms with Crippen molar-refractivity contribution in [3.8, 4) is 0 Å². The molecule has 0 aromatic rings. The average Bonchev–Trinajstić information content (AvgIpc) is 2.01. The summed E-state index contributed by atoms with van der Waals surface area (Å²) in [5.74, 6) is 0. The van der Waals surface area contributed by atoms with Crippen molar-refractivity contribution in [1.82, 2.24) is 4.90 Å². The van der Waals surface area contributed by atoms with Crippen LogP contribution in [0.1, 0.15) is 27.7 Å². The second-order valence-electron chi connectivity index (χ2n) is 12.3. The van der Waals surface area contributed by atoms with Crippen molar-refractivity contribution in [1.29, 1.82) is 0 Å². The second kappa shape index (κ2) is 23.2. The zero-order valence-corrected chi connectivity index (χ0v) is 26.1. The summed E-state index contributed by atoms with van der Waals surface area (Å²) >= 11 is 0. The van der Waals surface area contributed by atoms with Gasteiger partial charge in [-0.1, -0.05) is 74.4 Å². The van der Waals surface area contributed by atoms with Gasteiger partial charge in [0.05, 0.1) is 7.14 Å². The molecular formula is C21H60BNOP2Si. The molecule has 0 atom stereocenters. The molecule has 0 saturated carbocycles. The third kappa shape index (κ3) is 20500. The highest BCUT2D eigenvalue weighted by atomic mass is 31.2. The summed E-state index contributed by atoms with van der Waals surface area (Å²) in [5, 5.41) is 0. The summed E-state index contributed by atoms with van der Waals surface area (Å²) in [4.78, 5) is 2.00. The lowest BCUT2D eigenvalue weighted by Crippen LogP contribution is -2.10. The Labute approximate surface area is 180 Å². The molecule has 0 N–H and O–H groups in total. The molecule has 2 nitrogen and oxygen atoms in total. The molecule has 0 aliphatic rings. The molecule has 0 amide bonds. The molecular weight excluding hydrogens is 383 g/mol. The Balaban J connectivity index is -0.0000000492. The van der Waals surface area contributed by atoms with E-state index in [9.17, 15) is 4.57 Å². The molecule has 0 heterocycles. The van der Waals surface area contributed by atoms with Gasteiger partial charge in [0.2, 0.25) is 0 Å². The molecule has 0 saturated heterocycles. The monoisotopic (exact) mass is 443 g/mol. The minimum atomic E-state index is -1.64. The van der Waals surface area contributed by atoms with Gasteiger partial charge in [0.15, 0.2) is 0 Å². The Morgan fingerprint density at radius 3 is 0.778 bits per heavy atom. The van der Waals surface area contributed by atoms with E-state index in [1.807, 2.05) is 26.0 Å². The fraction of sp³-hybridized carbons (Fsp3) is 1.00. The standard InChI is InChI=1S/C5H12.C4H12Si.C3H9B.C3H9N.C3H9OP.C3H9P/c2*1-5(2,3)4;2*1-4(2)3;1-5(2,3)4;1-4(2)3/h2*1-4H3;2*1-3H3;1-3H3;1-3H3. The molecule has 6 heteroatoms. The quantitative estimate of drug-likeness (QED) is 0.278. The lowest BCUT2D eigenvalue weighted by molar-refractivity contribution is 0.469. The zero-order chi connectivity index (χ0) is 24.2. The maximum Gasteiger partial charge on any atom is 0.130 e. The number of hydrogen-bond acceptors (Lipinski definition) is 2. The van der Waals surface area contributed by atoms with Gasteiger partial charge in [-0.25, -0.2) is 0 Å². The van der Waals surface area contributed by atoms with Crippen molar-refractivity contribution >= 4 is 29.9 Å². The third-order valence-electron chi connectivity index (χ3n) is 0. The van der Waals surface area contributed by atoms with Crippen LogP contribution in [0.2, 0.25) is 46.7 Å². The topological polar surface area (TPSA) is 20.3 Å². The fourth-order valence-electron chi connectivity index (χ4n) is 0.